The summed E-state index contributed by atoms with van der Waals surface area (Å²) in [5.41, 5.74) is 1.21. The number of amides is 1. The van der Waals surface area contributed by atoms with E-state index in [2.05, 4.69) is 10.3 Å². The van der Waals surface area contributed by atoms with Gasteiger partial charge in [-0.1, -0.05) is 6.92 Å². The Morgan fingerprint density at radius 2 is 2.25 bits per heavy atom. The second kappa shape index (κ2) is 8.15. The number of carbonyl (C=O) groups is 2. The van der Waals surface area contributed by atoms with Crippen LogP contribution in [-0.2, 0) is 9.53 Å². The summed E-state index contributed by atoms with van der Waals surface area (Å²) < 4.78 is 5.25. The number of nitrogens with zero attached hydrogens (tertiary/aromatic N) is 2. The molecule has 0 radical (unpaired) electrons. The van der Waals surface area contributed by atoms with E-state index in [-0.39, 0.29) is 17.0 Å². The maximum atomic E-state index is 12.5. The molecule has 1 N–H and O–H groups in total. The van der Waals surface area contributed by atoms with Gasteiger partial charge in [0, 0.05) is 18.2 Å². The summed E-state index contributed by atoms with van der Waals surface area (Å²) in [6, 6.07) is 3.67. The Bertz CT molecular complexity index is 680. The fraction of sp³-hybridized carbons (Fsp3) is 0.529. The lowest BCUT2D eigenvalue weighted by Crippen LogP contribution is -2.36. The topological polar surface area (TPSA) is 92.1 Å². The Balaban J connectivity index is 2.23. The minimum atomic E-state index is -0.911. The highest BCUT2D eigenvalue weighted by atomic mass is 32.2. The molecular weight excluding hydrogens is 326 g/mol. The van der Waals surface area contributed by atoms with Gasteiger partial charge in [0.2, 0.25) is 0 Å². The number of hydrogen-bond acceptors (Lipinski definition) is 6. The molecule has 24 heavy (non-hydrogen) atoms. The molecule has 1 fully saturated rings. The van der Waals surface area contributed by atoms with E-state index in [9.17, 15) is 14.9 Å². The second-order valence-corrected chi connectivity index (χ2v) is 6.50. The highest BCUT2D eigenvalue weighted by molar-refractivity contribution is 7.98. The van der Waals surface area contributed by atoms with E-state index >= 15 is 0 Å². The molecule has 6 nitrogen and oxygen atoms in total. The molecule has 1 aliphatic rings. The summed E-state index contributed by atoms with van der Waals surface area (Å²) in [5, 5.41) is 12.6. The first kappa shape index (κ1) is 18.3. The van der Waals surface area contributed by atoms with Crippen molar-refractivity contribution in [1.29, 1.82) is 5.26 Å². The predicted molar refractivity (Wildman–Crippen MR) is 90.9 cm³/mol. The Kier molecular flexibility index (Phi) is 6.21. The third-order valence-electron chi connectivity index (χ3n) is 3.73. The van der Waals surface area contributed by atoms with Gasteiger partial charge >= 0.3 is 5.97 Å². The van der Waals surface area contributed by atoms with Crippen molar-refractivity contribution in [2.24, 2.45) is 0 Å². The Labute approximate surface area is 146 Å². The average molecular weight is 347 g/mol. The molecule has 2 rings (SSSR count). The van der Waals surface area contributed by atoms with Gasteiger partial charge in [-0.3, -0.25) is 4.79 Å². The number of aromatic nitrogens is 1. The van der Waals surface area contributed by atoms with Gasteiger partial charge in [-0.2, -0.15) is 5.26 Å². The quantitative estimate of drug-likeness (QED) is 0.602. The molecule has 1 heterocycles. The summed E-state index contributed by atoms with van der Waals surface area (Å²) in [7, 11) is 0. The normalized spacial score (nSPS) is 14.6. The van der Waals surface area contributed by atoms with E-state index in [0.29, 0.717) is 17.5 Å². The molecule has 0 bridgehead atoms. The number of carbonyl (C=O) groups excluding carboxylic acids is 2. The molecule has 0 spiro atoms. The molecule has 7 heteroatoms. The van der Waals surface area contributed by atoms with E-state index in [0.717, 1.165) is 25.0 Å². The Morgan fingerprint density at radius 1 is 1.54 bits per heavy atom. The molecular formula is C17H21N3O3S. The standard InChI is InChI=1S/C17H21N3O3S/c1-4-7-19-15(21)10(2)23-17(22)12-8-14(11-5-6-11)20-16(24-3)13(12)9-18/h8,10-11H,4-7H2,1-3H3,(H,19,21). The van der Waals surface area contributed by atoms with Crippen LogP contribution in [0.1, 0.15) is 60.6 Å². The first-order chi connectivity index (χ1) is 11.5. The van der Waals surface area contributed by atoms with Gasteiger partial charge in [0.1, 0.15) is 11.1 Å². The Morgan fingerprint density at radius 3 is 2.79 bits per heavy atom. The molecule has 0 saturated heterocycles. The monoisotopic (exact) mass is 347 g/mol. The van der Waals surface area contributed by atoms with Crippen LogP contribution in [0.15, 0.2) is 11.1 Å². The second-order valence-electron chi connectivity index (χ2n) is 5.70. The molecule has 1 aromatic rings. The zero-order chi connectivity index (χ0) is 17.7. The van der Waals surface area contributed by atoms with Crippen molar-refractivity contribution >= 4 is 23.6 Å². The zero-order valence-corrected chi connectivity index (χ0v) is 14.9. The number of rotatable bonds is 7. The Hall–Kier alpha value is -2.07. The van der Waals surface area contributed by atoms with Crippen molar-refractivity contribution < 1.29 is 14.3 Å². The third-order valence-corrected chi connectivity index (χ3v) is 4.41. The number of ether oxygens (including phenoxy) is 1. The number of nitrogens with one attached hydrogen (secondary N) is 1. The highest BCUT2D eigenvalue weighted by Crippen LogP contribution is 2.40. The first-order valence-electron chi connectivity index (χ1n) is 7.99. The van der Waals surface area contributed by atoms with Crippen molar-refractivity contribution in [3.63, 3.8) is 0 Å². The van der Waals surface area contributed by atoms with Crippen LogP contribution in [0.25, 0.3) is 0 Å². The molecule has 1 aliphatic carbocycles. The predicted octanol–water partition coefficient (Wildman–Crippen LogP) is 2.62. The smallest absolute Gasteiger partial charge is 0.340 e. The van der Waals surface area contributed by atoms with Gasteiger partial charge in [0.25, 0.3) is 5.91 Å². The average Bonchev–Trinajstić information content (AvgIpc) is 3.43. The lowest BCUT2D eigenvalue weighted by atomic mass is 10.1. The number of thioether (sulfide) groups is 1. The molecule has 1 amide bonds. The van der Waals surface area contributed by atoms with E-state index < -0.39 is 12.1 Å². The van der Waals surface area contributed by atoms with Gasteiger partial charge in [-0.15, -0.1) is 11.8 Å². The minimum absolute atomic E-state index is 0.189. The summed E-state index contributed by atoms with van der Waals surface area (Å²) in [6.45, 7) is 3.99. The fourth-order valence-corrected chi connectivity index (χ4v) is 2.77. The van der Waals surface area contributed by atoms with Crippen LogP contribution in [-0.4, -0.2) is 35.8 Å². The first-order valence-corrected chi connectivity index (χ1v) is 9.22. The third kappa shape index (κ3) is 4.26. The van der Waals surface area contributed by atoms with Crippen molar-refractivity contribution in [2.45, 2.75) is 50.2 Å². The molecule has 1 saturated carbocycles. The van der Waals surface area contributed by atoms with Crippen LogP contribution >= 0.6 is 11.8 Å². The largest absolute Gasteiger partial charge is 0.449 e. The summed E-state index contributed by atoms with van der Waals surface area (Å²) in [4.78, 5) is 28.8. The summed E-state index contributed by atoms with van der Waals surface area (Å²) >= 11 is 1.33. The summed E-state index contributed by atoms with van der Waals surface area (Å²) in [6.07, 6.45) is 3.78. The number of hydrogen-bond donors (Lipinski definition) is 1. The molecule has 1 atom stereocenters. The van der Waals surface area contributed by atoms with Crippen LogP contribution in [0.4, 0.5) is 0 Å². The maximum absolute atomic E-state index is 12.5. The van der Waals surface area contributed by atoms with Gasteiger partial charge in [-0.05, 0) is 38.5 Å². The number of nitriles is 1. The highest BCUT2D eigenvalue weighted by Gasteiger charge is 2.29. The number of pyridine rings is 1. The number of esters is 1. The lowest BCUT2D eigenvalue weighted by molar-refractivity contribution is -0.129. The fourth-order valence-electron chi connectivity index (χ4n) is 2.22. The van der Waals surface area contributed by atoms with Crippen LogP contribution in [0.5, 0.6) is 0 Å². The van der Waals surface area contributed by atoms with Crippen LogP contribution in [0, 0.1) is 11.3 Å². The van der Waals surface area contributed by atoms with E-state index in [1.165, 1.54) is 18.7 Å². The zero-order valence-electron chi connectivity index (χ0n) is 14.1. The van der Waals surface area contributed by atoms with E-state index in [4.69, 9.17) is 4.74 Å². The van der Waals surface area contributed by atoms with E-state index in [1.54, 1.807) is 6.07 Å². The molecule has 128 valence electrons. The van der Waals surface area contributed by atoms with E-state index in [1.807, 2.05) is 19.2 Å². The van der Waals surface area contributed by atoms with Crippen molar-refractivity contribution in [2.75, 3.05) is 12.8 Å². The van der Waals surface area contributed by atoms with Gasteiger partial charge < -0.3 is 10.1 Å². The molecule has 1 unspecified atom stereocenters. The van der Waals surface area contributed by atoms with Gasteiger partial charge in [-0.25, -0.2) is 9.78 Å². The van der Waals surface area contributed by atoms with Gasteiger partial charge in [0.05, 0.1) is 11.1 Å². The van der Waals surface area contributed by atoms with Crippen molar-refractivity contribution in [3.05, 3.63) is 22.9 Å². The molecule has 0 aromatic carbocycles. The van der Waals surface area contributed by atoms with Crippen LogP contribution < -0.4 is 5.32 Å². The van der Waals surface area contributed by atoms with Gasteiger partial charge in [0.15, 0.2) is 6.10 Å². The minimum Gasteiger partial charge on any atom is -0.449 e. The van der Waals surface area contributed by atoms with Crippen molar-refractivity contribution in [1.82, 2.24) is 10.3 Å². The maximum Gasteiger partial charge on any atom is 0.340 e. The van der Waals surface area contributed by atoms with Crippen LogP contribution in [0.3, 0.4) is 0 Å². The van der Waals surface area contributed by atoms with Crippen LogP contribution in [0.2, 0.25) is 0 Å². The SMILES string of the molecule is CCCNC(=O)C(C)OC(=O)c1cc(C2CC2)nc(SC)c1C#N. The molecule has 1 aromatic heterocycles. The molecule has 0 aliphatic heterocycles. The lowest BCUT2D eigenvalue weighted by Gasteiger charge is -2.15. The summed E-state index contributed by atoms with van der Waals surface area (Å²) in [5.74, 6) is -0.656. The van der Waals surface area contributed by atoms with Crippen molar-refractivity contribution in [3.8, 4) is 6.07 Å².